The van der Waals surface area contributed by atoms with Crippen LogP contribution in [0.3, 0.4) is 0 Å². The molecule has 0 spiro atoms. The van der Waals surface area contributed by atoms with Gasteiger partial charge in [-0.1, -0.05) is 19.9 Å². The molecule has 0 aliphatic carbocycles. The minimum Gasteiger partial charge on any atom is -0.357 e. The molecular weight excluding hydrogens is 252 g/mol. The van der Waals surface area contributed by atoms with E-state index in [2.05, 4.69) is 29.1 Å². The standard InChI is InChI=1S/C15H20N4O/c1-11(2)10-19-9-8-17-14(15(19)20)18-12(3)13-6-4-5-7-16-13/h4-9,11-12H,10H2,1-3H3,(H,17,18). The van der Waals surface area contributed by atoms with E-state index >= 15 is 0 Å². The summed E-state index contributed by atoms with van der Waals surface area (Å²) in [6.07, 6.45) is 5.11. The lowest BCUT2D eigenvalue weighted by atomic mass is 10.2. The second-order valence-corrected chi connectivity index (χ2v) is 5.25. The van der Waals surface area contributed by atoms with Gasteiger partial charge in [-0.3, -0.25) is 9.78 Å². The molecule has 0 saturated carbocycles. The first-order chi connectivity index (χ1) is 9.58. The molecule has 1 unspecified atom stereocenters. The van der Waals surface area contributed by atoms with Gasteiger partial charge < -0.3 is 9.88 Å². The summed E-state index contributed by atoms with van der Waals surface area (Å²) in [5.74, 6) is 0.780. The van der Waals surface area contributed by atoms with Gasteiger partial charge in [-0.15, -0.1) is 0 Å². The van der Waals surface area contributed by atoms with E-state index in [0.29, 0.717) is 18.3 Å². The van der Waals surface area contributed by atoms with E-state index in [4.69, 9.17) is 0 Å². The Morgan fingerprint density at radius 1 is 1.20 bits per heavy atom. The van der Waals surface area contributed by atoms with Gasteiger partial charge in [0.1, 0.15) is 0 Å². The van der Waals surface area contributed by atoms with Crippen molar-refractivity contribution < 1.29 is 0 Å². The fourth-order valence-electron chi connectivity index (χ4n) is 1.99. The van der Waals surface area contributed by atoms with E-state index in [1.54, 1.807) is 23.2 Å². The normalized spacial score (nSPS) is 12.4. The summed E-state index contributed by atoms with van der Waals surface area (Å²) in [4.78, 5) is 20.7. The molecule has 0 fully saturated rings. The first kappa shape index (κ1) is 14.2. The smallest absolute Gasteiger partial charge is 0.293 e. The Bertz CT molecular complexity index is 607. The van der Waals surface area contributed by atoms with Gasteiger partial charge >= 0.3 is 0 Å². The third kappa shape index (κ3) is 3.44. The van der Waals surface area contributed by atoms with Crippen LogP contribution in [0.1, 0.15) is 32.5 Å². The van der Waals surface area contributed by atoms with Crippen LogP contribution in [-0.2, 0) is 6.54 Å². The average Bonchev–Trinajstić information content (AvgIpc) is 2.43. The van der Waals surface area contributed by atoms with Gasteiger partial charge in [0.15, 0.2) is 5.82 Å². The Kier molecular flexibility index (Phi) is 4.50. The Labute approximate surface area is 118 Å². The van der Waals surface area contributed by atoms with Crippen molar-refractivity contribution in [3.05, 3.63) is 52.8 Å². The third-order valence-electron chi connectivity index (χ3n) is 2.96. The molecule has 1 atom stereocenters. The van der Waals surface area contributed by atoms with Crippen molar-refractivity contribution in [1.29, 1.82) is 0 Å². The van der Waals surface area contributed by atoms with Crippen LogP contribution in [0.2, 0.25) is 0 Å². The van der Waals surface area contributed by atoms with Crippen molar-refractivity contribution in [1.82, 2.24) is 14.5 Å². The molecule has 106 valence electrons. The highest BCUT2D eigenvalue weighted by atomic mass is 16.1. The maximum absolute atomic E-state index is 12.3. The van der Waals surface area contributed by atoms with Gasteiger partial charge in [0.2, 0.25) is 0 Å². The Hall–Kier alpha value is -2.17. The van der Waals surface area contributed by atoms with Crippen molar-refractivity contribution in [3.8, 4) is 0 Å². The summed E-state index contributed by atoms with van der Waals surface area (Å²) in [6.45, 7) is 6.81. The number of pyridine rings is 1. The van der Waals surface area contributed by atoms with Gasteiger partial charge in [0.05, 0.1) is 11.7 Å². The number of nitrogens with zero attached hydrogens (tertiary/aromatic N) is 3. The highest BCUT2D eigenvalue weighted by molar-refractivity contribution is 5.34. The summed E-state index contributed by atoms with van der Waals surface area (Å²) in [5.41, 5.74) is 0.789. The molecule has 0 aromatic carbocycles. The molecule has 1 N–H and O–H groups in total. The van der Waals surface area contributed by atoms with Crippen molar-refractivity contribution in [2.24, 2.45) is 5.92 Å². The van der Waals surface area contributed by atoms with Crippen LogP contribution in [-0.4, -0.2) is 14.5 Å². The molecule has 5 nitrogen and oxygen atoms in total. The zero-order valence-corrected chi connectivity index (χ0v) is 12.1. The zero-order valence-electron chi connectivity index (χ0n) is 12.1. The summed E-state index contributed by atoms with van der Waals surface area (Å²) in [6, 6.07) is 5.65. The van der Waals surface area contributed by atoms with Crippen LogP contribution < -0.4 is 10.9 Å². The van der Waals surface area contributed by atoms with E-state index in [9.17, 15) is 4.79 Å². The van der Waals surface area contributed by atoms with Crippen LogP contribution >= 0.6 is 0 Å². The van der Waals surface area contributed by atoms with E-state index < -0.39 is 0 Å². The lowest BCUT2D eigenvalue weighted by Crippen LogP contribution is -2.27. The van der Waals surface area contributed by atoms with Crippen LogP contribution in [0.15, 0.2) is 41.6 Å². The van der Waals surface area contributed by atoms with Crippen molar-refractivity contribution >= 4 is 5.82 Å². The maximum Gasteiger partial charge on any atom is 0.293 e. The second kappa shape index (κ2) is 6.32. The molecule has 0 aliphatic heterocycles. The lowest BCUT2D eigenvalue weighted by Gasteiger charge is -2.15. The Morgan fingerprint density at radius 2 is 2.00 bits per heavy atom. The summed E-state index contributed by atoms with van der Waals surface area (Å²) in [5, 5.41) is 3.13. The monoisotopic (exact) mass is 272 g/mol. The first-order valence-electron chi connectivity index (χ1n) is 6.81. The molecule has 2 heterocycles. The average molecular weight is 272 g/mol. The number of nitrogens with one attached hydrogen (secondary N) is 1. The van der Waals surface area contributed by atoms with Crippen LogP contribution in [0, 0.1) is 5.92 Å². The fraction of sp³-hybridized carbons (Fsp3) is 0.400. The van der Waals surface area contributed by atoms with E-state index in [1.807, 2.05) is 25.1 Å². The number of hydrogen-bond acceptors (Lipinski definition) is 4. The number of anilines is 1. The minimum absolute atomic E-state index is 0.0636. The molecular formula is C15H20N4O. The Morgan fingerprint density at radius 3 is 2.65 bits per heavy atom. The van der Waals surface area contributed by atoms with Gasteiger partial charge in [-0.25, -0.2) is 4.98 Å². The third-order valence-corrected chi connectivity index (χ3v) is 2.96. The van der Waals surface area contributed by atoms with Gasteiger partial charge in [-0.2, -0.15) is 0 Å². The predicted octanol–water partition coefficient (Wildman–Crippen LogP) is 2.47. The minimum atomic E-state index is -0.0935. The fourth-order valence-corrected chi connectivity index (χ4v) is 1.99. The SMILES string of the molecule is CC(C)Cn1ccnc(NC(C)c2ccccn2)c1=O. The maximum atomic E-state index is 12.3. The van der Waals surface area contributed by atoms with Crippen LogP contribution in [0.5, 0.6) is 0 Å². The molecule has 2 rings (SSSR count). The first-order valence-corrected chi connectivity index (χ1v) is 6.81. The largest absolute Gasteiger partial charge is 0.357 e. The Balaban J connectivity index is 2.20. The van der Waals surface area contributed by atoms with Crippen LogP contribution in [0.25, 0.3) is 0 Å². The van der Waals surface area contributed by atoms with Gasteiger partial charge in [-0.05, 0) is 25.0 Å². The molecule has 0 saturated heterocycles. The molecule has 20 heavy (non-hydrogen) atoms. The van der Waals surface area contributed by atoms with Gasteiger partial charge in [0.25, 0.3) is 5.56 Å². The summed E-state index contributed by atoms with van der Waals surface area (Å²) < 4.78 is 1.69. The topological polar surface area (TPSA) is 59.8 Å². The van der Waals surface area contributed by atoms with Crippen molar-refractivity contribution in [3.63, 3.8) is 0 Å². The molecule has 0 aliphatic rings. The number of rotatable bonds is 5. The van der Waals surface area contributed by atoms with Gasteiger partial charge in [0, 0.05) is 25.1 Å². The van der Waals surface area contributed by atoms with E-state index in [1.165, 1.54) is 0 Å². The van der Waals surface area contributed by atoms with Crippen molar-refractivity contribution in [2.75, 3.05) is 5.32 Å². The van der Waals surface area contributed by atoms with Crippen LogP contribution in [0.4, 0.5) is 5.82 Å². The molecule has 0 radical (unpaired) electrons. The quantitative estimate of drug-likeness (QED) is 0.908. The zero-order chi connectivity index (χ0) is 14.5. The number of aromatic nitrogens is 3. The second-order valence-electron chi connectivity index (χ2n) is 5.25. The summed E-state index contributed by atoms with van der Waals surface area (Å²) in [7, 11) is 0. The van der Waals surface area contributed by atoms with E-state index in [-0.39, 0.29) is 11.6 Å². The summed E-state index contributed by atoms with van der Waals surface area (Å²) >= 11 is 0. The van der Waals surface area contributed by atoms with E-state index in [0.717, 1.165) is 5.69 Å². The number of hydrogen-bond donors (Lipinski definition) is 1. The highest BCUT2D eigenvalue weighted by Gasteiger charge is 2.11. The lowest BCUT2D eigenvalue weighted by molar-refractivity contribution is 0.509. The molecule has 5 heteroatoms. The van der Waals surface area contributed by atoms with Crippen molar-refractivity contribution in [2.45, 2.75) is 33.4 Å². The predicted molar refractivity (Wildman–Crippen MR) is 79.6 cm³/mol. The molecule has 2 aromatic heterocycles. The highest BCUT2D eigenvalue weighted by Crippen LogP contribution is 2.12. The molecule has 0 amide bonds. The molecule has 0 bridgehead atoms. The molecule has 2 aromatic rings.